The van der Waals surface area contributed by atoms with E-state index in [1.54, 1.807) is 0 Å². The van der Waals surface area contributed by atoms with Crippen molar-refractivity contribution < 1.29 is 22.7 Å². The Morgan fingerprint density at radius 1 is 1.26 bits per heavy atom. The highest BCUT2D eigenvalue weighted by Gasteiger charge is 2.31. The maximum absolute atomic E-state index is 12.7. The number of halogens is 5. The summed E-state index contributed by atoms with van der Waals surface area (Å²) >= 11 is 11.8. The highest BCUT2D eigenvalue weighted by molar-refractivity contribution is 6.36. The fourth-order valence-electron chi connectivity index (χ4n) is 1.82. The predicted molar refractivity (Wildman–Crippen MR) is 80.4 cm³/mol. The Bertz CT molecular complexity index is 779. The number of nitrogen functional groups attached to an aromatic ring is 1. The van der Waals surface area contributed by atoms with Gasteiger partial charge in [-0.25, -0.2) is 9.78 Å². The highest BCUT2D eigenvalue weighted by atomic mass is 35.5. The number of hydrogen-bond acceptors (Lipinski definition) is 4. The molecule has 0 aliphatic carbocycles. The van der Waals surface area contributed by atoms with E-state index in [4.69, 9.17) is 28.9 Å². The molecular weight excluding hydrogens is 356 g/mol. The summed E-state index contributed by atoms with van der Waals surface area (Å²) in [5.74, 6) is -0.827. The summed E-state index contributed by atoms with van der Waals surface area (Å²) in [5, 5.41) is -0.298. The Labute approximate surface area is 139 Å². The molecule has 2 N–H and O–H groups in total. The molecule has 4 nitrogen and oxygen atoms in total. The largest absolute Gasteiger partial charge is 0.464 e. The normalized spacial score (nSPS) is 11.4. The standard InChI is InChI=1S/C14H9Cl2F3N2O2/c1-23-13(22)12-11(16)9(20)5-10(21-12)7-3-2-6(4-8(7)15)14(17,18)19/h2-5H,1H3,(H2,20,21). The molecule has 0 bridgehead atoms. The summed E-state index contributed by atoms with van der Waals surface area (Å²) in [4.78, 5) is 15.6. The number of ether oxygens (including phenoxy) is 1. The van der Waals surface area contributed by atoms with Gasteiger partial charge in [-0.15, -0.1) is 0 Å². The smallest absolute Gasteiger partial charge is 0.416 e. The van der Waals surface area contributed by atoms with Gasteiger partial charge in [-0.2, -0.15) is 13.2 Å². The van der Waals surface area contributed by atoms with Crippen LogP contribution in [-0.2, 0) is 10.9 Å². The first-order chi connectivity index (χ1) is 10.6. The zero-order valence-electron chi connectivity index (χ0n) is 11.5. The van der Waals surface area contributed by atoms with Crippen molar-refractivity contribution in [1.82, 2.24) is 4.98 Å². The van der Waals surface area contributed by atoms with Crippen molar-refractivity contribution in [3.8, 4) is 11.3 Å². The summed E-state index contributed by atoms with van der Waals surface area (Å²) < 4.78 is 42.5. The number of rotatable bonds is 2. The van der Waals surface area contributed by atoms with Crippen LogP contribution in [-0.4, -0.2) is 18.1 Å². The van der Waals surface area contributed by atoms with Crippen LogP contribution in [0.3, 0.4) is 0 Å². The number of anilines is 1. The van der Waals surface area contributed by atoms with Crippen molar-refractivity contribution in [2.75, 3.05) is 12.8 Å². The van der Waals surface area contributed by atoms with Crippen LogP contribution >= 0.6 is 23.2 Å². The Kier molecular flexibility index (Phi) is 4.72. The van der Waals surface area contributed by atoms with Crippen molar-refractivity contribution in [2.24, 2.45) is 0 Å². The quantitative estimate of drug-likeness (QED) is 0.799. The van der Waals surface area contributed by atoms with Crippen LogP contribution in [0.2, 0.25) is 10.0 Å². The molecule has 23 heavy (non-hydrogen) atoms. The second kappa shape index (κ2) is 6.25. The molecule has 0 fully saturated rings. The highest BCUT2D eigenvalue weighted by Crippen LogP contribution is 2.36. The molecule has 0 aliphatic heterocycles. The fraction of sp³-hybridized carbons (Fsp3) is 0.143. The lowest BCUT2D eigenvalue weighted by molar-refractivity contribution is -0.137. The minimum absolute atomic E-state index is 0.0213. The van der Waals surface area contributed by atoms with Crippen LogP contribution in [0.25, 0.3) is 11.3 Å². The zero-order chi connectivity index (χ0) is 17.4. The lowest BCUT2D eigenvalue weighted by Gasteiger charge is -2.12. The average Bonchev–Trinajstić information content (AvgIpc) is 2.48. The molecule has 0 saturated heterocycles. The van der Waals surface area contributed by atoms with Gasteiger partial charge in [0.15, 0.2) is 5.69 Å². The van der Waals surface area contributed by atoms with Crippen molar-refractivity contribution in [1.29, 1.82) is 0 Å². The van der Waals surface area contributed by atoms with E-state index in [-0.39, 0.29) is 32.7 Å². The van der Waals surface area contributed by atoms with E-state index >= 15 is 0 Å². The van der Waals surface area contributed by atoms with Crippen LogP contribution in [0.1, 0.15) is 16.1 Å². The van der Waals surface area contributed by atoms with Gasteiger partial charge in [-0.05, 0) is 18.2 Å². The van der Waals surface area contributed by atoms with E-state index in [1.165, 1.54) is 6.07 Å². The first kappa shape index (κ1) is 17.4. The first-order valence-corrected chi connectivity index (χ1v) is 6.82. The second-order valence-corrected chi connectivity index (χ2v) is 5.23. The SMILES string of the molecule is COC(=O)c1nc(-c2ccc(C(F)(F)F)cc2Cl)cc(N)c1Cl. The lowest BCUT2D eigenvalue weighted by atomic mass is 10.1. The third kappa shape index (κ3) is 3.51. The predicted octanol–water partition coefficient (Wildman–Crippen LogP) is 4.44. The number of carbonyl (C=O) groups is 1. The van der Waals surface area contributed by atoms with Gasteiger partial charge in [-0.1, -0.05) is 29.3 Å². The van der Waals surface area contributed by atoms with Crippen LogP contribution in [0.15, 0.2) is 24.3 Å². The van der Waals surface area contributed by atoms with Gasteiger partial charge in [0.1, 0.15) is 0 Å². The van der Waals surface area contributed by atoms with Gasteiger partial charge in [0.25, 0.3) is 0 Å². The number of esters is 1. The van der Waals surface area contributed by atoms with Crippen LogP contribution < -0.4 is 5.73 Å². The first-order valence-electron chi connectivity index (χ1n) is 6.06. The van der Waals surface area contributed by atoms with E-state index in [9.17, 15) is 18.0 Å². The Hall–Kier alpha value is -1.99. The van der Waals surface area contributed by atoms with E-state index < -0.39 is 17.7 Å². The number of alkyl halides is 3. The van der Waals surface area contributed by atoms with Gasteiger partial charge < -0.3 is 10.5 Å². The third-order valence-corrected chi connectivity index (χ3v) is 3.65. The number of pyridine rings is 1. The molecule has 1 aromatic heterocycles. The van der Waals surface area contributed by atoms with Crippen molar-refractivity contribution in [2.45, 2.75) is 6.18 Å². The molecule has 1 aromatic carbocycles. The van der Waals surface area contributed by atoms with Crippen LogP contribution in [0.5, 0.6) is 0 Å². The molecule has 9 heteroatoms. The summed E-state index contributed by atoms with van der Waals surface area (Å²) in [5.41, 5.74) is 4.84. The number of aromatic nitrogens is 1. The number of hydrogen-bond donors (Lipinski definition) is 1. The Morgan fingerprint density at radius 3 is 2.43 bits per heavy atom. The van der Waals surface area contributed by atoms with E-state index in [2.05, 4.69) is 9.72 Å². The van der Waals surface area contributed by atoms with E-state index in [0.29, 0.717) is 0 Å². The topological polar surface area (TPSA) is 65.2 Å². The third-order valence-electron chi connectivity index (χ3n) is 2.94. The molecule has 0 unspecified atom stereocenters. The molecule has 0 atom stereocenters. The Balaban J connectivity index is 2.59. The van der Waals surface area contributed by atoms with E-state index in [0.717, 1.165) is 25.3 Å². The monoisotopic (exact) mass is 364 g/mol. The summed E-state index contributed by atoms with van der Waals surface area (Å²) in [6.45, 7) is 0. The number of nitrogens with two attached hydrogens (primary N) is 1. The number of benzene rings is 1. The lowest BCUT2D eigenvalue weighted by Crippen LogP contribution is -2.08. The molecular formula is C14H9Cl2F3N2O2. The summed E-state index contributed by atoms with van der Waals surface area (Å²) in [7, 11) is 1.13. The number of nitrogens with zero attached hydrogens (tertiary/aromatic N) is 1. The maximum atomic E-state index is 12.7. The Morgan fingerprint density at radius 2 is 1.91 bits per heavy atom. The maximum Gasteiger partial charge on any atom is 0.416 e. The molecule has 0 saturated carbocycles. The van der Waals surface area contributed by atoms with Crippen LogP contribution in [0, 0.1) is 0 Å². The molecule has 1 heterocycles. The van der Waals surface area contributed by atoms with E-state index in [1.807, 2.05) is 0 Å². The molecule has 0 amide bonds. The summed E-state index contributed by atoms with van der Waals surface area (Å²) in [6, 6.07) is 4.07. The van der Waals surface area contributed by atoms with Gasteiger partial charge in [-0.3, -0.25) is 0 Å². The molecule has 2 rings (SSSR count). The summed E-state index contributed by atoms with van der Waals surface area (Å²) in [6.07, 6.45) is -4.52. The number of carbonyl (C=O) groups excluding carboxylic acids is 1. The molecule has 0 aliphatic rings. The van der Waals surface area contributed by atoms with Gasteiger partial charge in [0, 0.05) is 5.56 Å². The van der Waals surface area contributed by atoms with Crippen molar-refractivity contribution in [3.05, 3.63) is 45.6 Å². The fourth-order valence-corrected chi connectivity index (χ4v) is 2.27. The zero-order valence-corrected chi connectivity index (χ0v) is 13.1. The van der Waals surface area contributed by atoms with Gasteiger partial charge in [0.05, 0.1) is 34.1 Å². The molecule has 2 aromatic rings. The van der Waals surface area contributed by atoms with Gasteiger partial charge >= 0.3 is 12.1 Å². The molecule has 0 radical (unpaired) electrons. The number of methoxy groups -OCH3 is 1. The van der Waals surface area contributed by atoms with Crippen LogP contribution in [0.4, 0.5) is 18.9 Å². The molecule has 122 valence electrons. The minimum atomic E-state index is -4.52. The minimum Gasteiger partial charge on any atom is -0.464 e. The second-order valence-electron chi connectivity index (χ2n) is 4.44. The van der Waals surface area contributed by atoms with Crippen molar-refractivity contribution >= 4 is 34.9 Å². The van der Waals surface area contributed by atoms with Crippen molar-refractivity contribution in [3.63, 3.8) is 0 Å². The van der Waals surface area contributed by atoms with Gasteiger partial charge in [0.2, 0.25) is 0 Å². The average molecular weight is 365 g/mol. The molecule has 0 spiro atoms.